The zero-order valence-electron chi connectivity index (χ0n) is 14.7. The van der Waals surface area contributed by atoms with Crippen molar-refractivity contribution in [2.24, 2.45) is 0 Å². The van der Waals surface area contributed by atoms with E-state index in [4.69, 9.17) is 14.0 Å². The number of ether oxygens (including phenoxy) is 2. The molecule has 1 aliphatic heterocycles. The molecule has 1 fully saturated rings. The second-order valence-electron chi connectivity index (χ2n) is 6.04. The van der Waals surface area contributed by atoms with Crippen molar-refractivity contribution >= 4 is 5.82 Å². The Morgan fingerprint density at radius 1 is 1.44 bits per heavy atom. The average molecular weight is 348 g/mol. The Bertz CT molecular complexity index is 638. The molecule has 3 heterocycles. The summed E-state index contributed by atoms with van der Waals surface area (Å²) in [7, 11) is 3.65. The maximum atomic E-state index is 5.88. The molecule has 9 nitrogen and oxygen atoms in total. The predicted molar refractivity (Wildman–Crippen MR) is 90.2 cm³/mol. The van der Waals surface area contributed by atoms with Crippen LogP contribution in [0.5, 0.6) is 0 Å². The summed E-state index contributed by atoms with van der Waals surface area (Å²) < 4.78 is 16.2. The predicted octanol–water partition coefficient (Wildman–Crippen LogP) is 0.386. The SMILES string of the molecule is COCCc1noc(CN2CCOC(CN(C)c3cccnn3)C2)n1. The molecule has 2 aromatic heterocycles. The molecule has 0 aromatic carbocycles. The minimum absolute atomic E-state index is 0.0941. The molecule has 0 amide bonds. The van der Waals surface area contributed by atoms with Gasteiger partial charge in [-0.1, -0.05) is 5.16 Å². The van der Waals surface area contributed by atoms with Crippen molar-refractivity contribution in [1.29, 1.82) is 0 Å². The maximum Gasteiger partial charge on any atom is 0.240 e. The van der Waals surface area contributed by atoms with E-state index in [2.05, 4.69) is 30.1 Å². The third-order valence-corrected chi connectivity index (χ3v) is 4.05. The number of likely N-dealkylation sites (N-methyl/N-ethyl adjacent to an activating group) is 1. The first-order valence-corrected chi connectivity index (χ1v) is 8.38. The van der Waals surface area contributed by atoms with Gasteiger partial charge >= 0.3 is 0 Å². The molecule has 0 radical (unpaired) electrons. The fourth-order valence-electron chi connectivity index (χ4n) is 2.77. The Morgan fingerprint density at radius 2 is 2.36 bits per heavy atom. The van der Waals surface area contributed by atoms with Gasteiger partial charge in [-0.25, -0.2) is 0 Å². The first-order valence-electron chi connectivity index (χ1n) is 8.38. The third-order valence-electron chi connectivity index (χ3n) is 4.05. The van der Waals surface area contributed by atoms with Crippen molar-refractivity contribution in [2.45, 2.75) is 19.1 Å². The molecule has 1 atom stereocenters. The molecule has 1 unspecified atom stereocenters. The standard InChI is InChI=1S/C16H24N6O3/c1-21(15-4-3-6-17-19-15)10-13-11-22(7-9-24-13)12-16-18-14(20-25-16)5-8-23-2/h3-4,6,13H,5,7-12H2,1-2H3. The Kier molecular flexibility index (Phi) is 6.26. The lowest BCUT2D eigenvalue weighted by atomic mass is 10.2. The van der Waals surface area contributed by atoms with E-state index >= 15 is 0 Å². The van der Waals surface area contributed by atoms with Gasteiger partial charge in [-0.2, -0.15) is 10.1 Å². The van der Waals surface area contributed by atoms with E-state index in [1.165, 1.54) is 0 Å². The lowest BCUT2D eigenvalue weighted by molar-refractivity contribution is -0.0292. The number of hydrogen-bond acceptors (Lipinski definition) is 9. The van der Waals surface area contributed by atoms with Crippen LogP contribution in [-0.2, 0) is 22.4 Å². The first-order chi connectivity index (χ1) is 12.2. The fourth-order valence-corrected chi connectivity index (χ4v) is 2.77. The summed E-state index contributed by atoms with van der Waals surface area (Å²) in [6.45, 7) is 4.31. The summed E-state index contributed by atoms with van der Waals surface area (Å²) >= 11 is 0. The minimum atomic E-state index is 0.0941. The lowest BCUT2D eigenvalue weighted by Gasteiger charge is -2.34. The lowest BCUT2D eigenvalue weighted by Crippen LogP contribution is -2.46. The normalized spacial score (nSPS) is 18.4. The fraction of sp³-hybridized carbons (Fsp3) is 0.625. The van der Waals surface area contributed by atoms with Gasteiger partial charge in [-0.3, -0.25) is 4.90 Å². The van der Waals surface area contributed by atoms with Crippen molar-refractivity contribution < 1.29 is 14.0 Å². The highest BCUT2D eigenvalue weighted by molar-refractivity contribution is 5.35. The first kappa shape index (κ1) is 17.7. The summed E-state index contributed by atoms with van der Waals surface area (Å²) in [4.78, 5) is 8.73. The second kappa shape index (κ2) is 8.84. The topological polar surface area (TPSA) is 89.6 Å². The highest BCUT2D eigenvalue weighted by atomic mass is 16.5. The van der Waals surface area contributed by atoms with Gasteiger partial charge in [0.2, 0.25) is 5.89 Å². The van der Waals surface area contributed by atoms with Gasteiger partial charge in [0.15, 0.2) is 11.6 Å². The number of rotatable bonds is 8. The molecule has 2 aromatic rings. The van der Waals surface area contributed by atoms with Crippen LogP contribution in [0.1, 0.15) is 11.7 Å². The van der Waals surface area contributed by atoms with E-state index in [0.29, 0.717) is 37.9 Å². The number of anilines is 1. The number of morpholine rings is 1. The molecule has 1 saturated heterocycles. The molecule has 25 heavy (non-hydrogen) atoms. The Balaban J connectivity index is 1.50. The zero-order valence-corrected chi connectivity index (χ0v) is 14.7. The van der Waals surface area contributed by atoms with Gasteiger partial charge in [-0.15, -0.1) is 5.10 Å². The van der Waals surface area contributed by atoms with Crippen LogP contribution in [0.4, 0.5) is 5.82 Å². The monoisotopic (exact) mass is 348 g/mol. The highest BCUT2D eigenvalue weighted by Crippen LogP contribution is 2.13. The van der Waals surface area contributed by atoms with Crippen LogP contribution in [0.3, 0.4) is 0 Å². The van der Waals surface area contributed by atoms with E-state index in [-0.39, 0.29) is 6.10 Å². The van der Waals surface area contributed by atoms with Crippen LogP contribution >= 0.6 is 0 Å². The molecule has 9 heteroatoms. The maximum absolute atomic E-state index is 5.88. The molecule has 1 aliphatic rings. The van der Waals surface area contributed by atoms with E-state index in [9.17, 15) is 0 Å². The highest BCUT2D eigenvalue weighted by Gasteiger charge is 2.23. The van der Waals surface area contributed by atoms with Gasteiger partial charge in [0.05, 0.1) is 25.9 Å². The number of nitrogens with zero attached hydrogens (tertiary/aromatic N) is 6. The molecule has 136 valence electrons. The summed E-state index contributed by atoms with van der Waals surface area (Å²) in [6.07, 6.45) is 2.42. The molecule has 0 bridgehead atoms. The molecule has 0 N–H and O–H groups in total. The largest absolute Gasteiger partial charge is 0.384 e. The summed E-state index contributed by atoms with van der Waals surface area (Å²) in [5.74, 6) is 2.15. The van der Waals surface area contributed by atoms with Crippen molar-refractivity contribution in [3.05, 3.63) is 30.0 Å². The minimum Gasteiger partial charge on any atom is -0.384 e. The zero-order chi connectivity index (χ0) is 17.5. The summed E-state index contributed by atoms with van der Waals surface area (Å²) in [5.41, 5.74) is 0. The van der Waals surface area contributed by atoms with Crippen LogP contribution in [0, 0.1) is 0 Å². The van der Waals surface area contributed by atoms with E-state index in [1.807, 2.05) is 19.2 Å². The van der Waals surface area contributed by atoms with Crippen LogP contribution in [0.15, 0.2) is 22.9 Å². The Morgan fingerprint density at radius 3 is 3.16 bits per heavy atom. The van der Waals surface area contributed by atoms with Gasteiger partial charge in [0, 0.05) is 46.4 Å². The third kappa shape index (κ3) is 5.18. The van der Waals surface area contributed by atoms with Crippen LogP contribution in [0.2, 0.25) is 0 Å². The Labute approximate surface area is 146 Å². The smallest absolute Gasteiger partial charge is 0.240 e. The molecule has 0 saturated carbocycles. The van der Waals surface area contributed by atoms with Gasteiger partial charge in [-0.05, 0) is 12.1 Å². The van der Waals surface area contributed by atoms with Crippen molar-refractivity contribution in [3.8, 4) is 0 Å². The van der Waals surface area contributed by atoms with Crippen molar-refractivity contribution in [2.75, 3.05) is 51.9 Å². The molecule has 3 rings (SSSR count). The second-order valence-corrected chi connectivity index (χ2v) is 6.04. The van der Waals surface area contributed by atoms with Crippen molar-refractivity contribution in [3.63, 3.8) is 0 Å². The number of hydrogen-bond donors (Lipinski definition) is 0. The van der Waals surface area contributed by atoms with Crippen LogP contribution < -0.4 is 4.90 Å². The summed E-state index contributed by atoms with van der Waals surface area (Å²) in [5, 5.41) is 12.0. The average Bonchev–Trinajstić information content (AvgIpc) is 3.08. The quantitative estimate of drug-likeness (QED) is 0.672. The van der Waals surface area contributed by atoms with E-state index < -0.39 is 0 Å². The van der Waals surface area contributed by atoms with Gasteiger partial charge in [0.25, 0.3) is 0 Å². The molecule has 0 spiro atoms. The van der Waals surface area contributed by atoms with Gasteiger partial charge in [0.1, 0.15) is 0 Å². The van der Waals surface area contributed by atoms with E-state index in [0.717, 1.165) is 25.5 Å². The molecular formula is C16H24N6O3. The van der Waals surface area contributed by atoms with Crippen molar-refractivity contribution in [1.82, 2.24) is 25.2 Å². The Hall–Kier alpha value is -2.10. The molecule has 0 aliphatic carbocycles. The molecular weight excluding hydrogens is 324 g/mol. The van der Waals surface area contributed by atoms with Crippen LogP contribution in [0.25, 0.3) is 0 Å². The van der Waals surface area contributed by atoms with Crippen LogP contribution in [-0.4, -0.2) is 78.3 Å². The van der Waals surface area contributed by atoms with Gasteiger partial charge < -0.3 is 18.9 Å². The summed E-state index contributed by atoms with van der Waals surface area (Å²) in [6, 6.07) is 3.82. The number of methoxy groups -OCH3 is 1. The number of aromatic nitrogens is 4. The van der Waals surface area contributed by atoms with E-state index in [1.54, 1.807) is 13.3 Å².